The van der Waals surface area contributed by atoms with Crippen LogP contribution in [0.25, 0.3) is 0 Å². The molecule has 59 valence electrons. The van der Waals surface area contributed by atoms with Gasteiger partial charge in [0.1, 0.15) is 0 Å². The van der Waals surface area contributed by atoms with Gasteiger partial charge in [-0.05, 0) is 26.0 Å². The molecule has 1 heteroatoms. The van der Waals surface area contributed by atoms with Crippen molar-refractivity contribution in [2.45, 2.75) is 13.0 Å². The molecule has 1 rings (SSSR count). The van der Waals surface area contributed by atoms with E-state index in [0.717, 1.165) is 6.54 Å². The van der Waals surface area contributed by atoms with Gasteiger partial charge in [-0.25, -0.2) is 0 Å². The van der Waals surface area contributed by atoms with Crippen LogP contribution in [0.4, 0.5) is 0 Å². The predicted octanol–water partition coefficient (Wildman–Crippen LogP) is 2.17. The van der Waals surface area contributed by atoms with E-state index in [9.17, 15) is 0 Å². The van der Waals surface area contributed by atoms with Crippen LogP contribution in [0.3, 0.4) is 0 Å². The molecule has 0 aromatic heterocycles. The summed E-state index contributed by atoms with van der Waals surface area (Å²) in [6.45, 7) is 6.65. The molecule has 1 radical (unpaired) electrons. The second-order valence-corrected chi connectivity index (χ2v) is 2.59. The molecule has 0 fully saturated rings. The standard InChI is InChI=1S/C10H14N/c1-3-11-9(2)10-7-5-4-6-8-10/h4-9,11H,1,3H2,2H3. The summed E-state index contributed by atoms with van der Waals surface area (Å²) in [6.07, 6.45) is 0. The van der Waals surface area contributed by atoms with Gasteiger partial charge in [0, 0.05) is 6.04 Å². The van der Waals surface area contributed by atoms with E-state index in [-0.39, 0.29) is 0 Å². The minimum atomic E-state index is 0.411. The molecule has 0 amide bonds. The van der Waals surface area contributed by atoms with E-state index in [0.29, 0.717) is 6.04 Å². The lowest BCUT2D eigenvalue weighted by Crippen LogP contribution is -2.17. The lowest BCUT2D eigenvalue weighted by molar-refractivity contribution is 0.616. The van der Waals surface area contributed by atoms with Gasteiger partial charge < -0.3 is 5.32 Å². The van der Waals surface area contributed by atoms with E-state index in [1.807, 2.05) is 6.07 Å². The first kappa shape index (κ1) is 8.28. The molecule has 1 nitrogen and oxygen atoms in total. The minimum Gasteiger partial charge on any atom is -0.310 e. The van der Waals surface area contributed by atoms with Crippen LogP contribution < -0.4 is 5.32 Å². The van der Waals surface area contributed by atoms with Gasteiger partial charge in [-0.15, -0.1) is 0 Å². The van der Waals surface area contributed by atoms with Crippen LogP contribution in [0, 0.1) is 6.92 Å². The Morgan fingerprint density at radius 3 is 2.55 bits per heavy atom. The molecular weight excluding hydrogens is 134 g/mol. The van der Waals surface area contributed by atoms with Gasteiger partial charge in [-0.1, -0.05) is 30.3 Å². The molecule has 1 aromatic carbocycles. The largest absolute Gasteiger partial charge is 0.310 e. The molecule has 1 unspecified atom stereocenters. The Hall–Kier alpha value is -0.820. The molecule has 1 aromatic rings. The fraction of sp³-hybridized carbons (Fsp3) is 0.300. The van der Waals surface area contributed by atoms with Gasteiger partial charge >= 0.3 is 0 Å². The molecule has 0 spiro atoms. The Morgan fingerprint density at radius 1 is 1.36 bits per heavy atom. The van der Waals surface area contributed by atoms with E-state index in [1.165, 1.54) is 5.56 Å². The molecule has 0 heterocycles. The summed E-state index contributed by atoms with van der Waals surface area (Å²) >= 11 is 0. The normalized spacial score (nSPS) is 12.9. The summed E-state index contributed by atoms with van der Waals surface area (Å²) in [5.74, 6) is 0. The van der Waals surface area contributed by atoms with Crippen LogP contribution in [-0.4, -0.2) is 6.54 Å². The third-order valence-corrected chi connectivity index (χ3v) is 1.75. The smallest absolute Gasteiger partial charge is 0.0291 e. The first-order chi connectivity index (χ1) is 5.34. The highest BCUT2D eigenvalue weighted by atomic mass is 14.9. The van der Waals surface area contributed by atoms with Crippen molar-refractivity contribution in [1.82, 2.24) is 5.32 Å². The highest BCUT2D eigenvalue weighted by Gasteiger charge is 1.99. The van der Waals surface area contributed by atoms with Crippen molar-refractivity contribution in [2.75, 3.05) is 6.54 Å². The quantitative estimate of drug-likeness (QED) is 0.692. The molecule has 0 aliphatic carbocycles. The topological polar surface area (TPSA) is 12.0 Å². The van der Waals surface area contributed by atoms with Gasteiger partial charge in [0.2, 0.25) is 0 Å². The predicted molar refractivity (Wildman–Crippen MR) is 48.2 cm³/mol. The van der Waals surface area contributed by atoms with Crippen LogP contribution in [0.5, 0.6) is 0 Å². The molecule has 0 aliphatic rings. The summed E-state index contributed by atoms with van der Waals surface area (Å²) in [7, 11) is 0. The fourth-order valence-corrected chi connectivity index (χ4v) is 1.08. The SMILES string of the molecule is [CH2]CNC(C)c1ccccc1. The summed E-state index contributed by atoms with van der Waals surface area (Å²) < 4.78 is 0. The van der Waals surface area contributed by atoms with E-state index >= 15 is 0 Å². The monoisotopic (exact) mass is 148 g/mol. The van der Waals surface area contributed by atoms with Gasteiger partial charge in [-0.2, -0.15) is 0 Å². The van der Waals surface area contributed by atoms with Crippen molar-refractivity contribution in [3.63, 3.8) is 0 Å². The first-order valence-corrected chi connectivity index (χ1v) is 3.92. The van der Waals surface area contributed by atoms with Crippen LogP contribution in [0.15, 0.2) is 30.3 Å². The zero-order chi connectivity index (χ0) is 8.10. The van der Waals surface area contributed by atoms with Gasteiger partial charge in [0.05, 0.1) is 0 Å². The molecule has 1 N–H and O–H groups in total. The van der Waals surface area contributed by atoms with Crippen molar-refractivity contribution < 1.29 is 0 Å². The van der Waals surface area contributed by atoms with Crippen molar-refractivity contribution in [1.29, 1.82) is 0 Å². The summed E-state index contributed by atoms with van der Waals surface area (Å²) in [5.41, 5.74) is 1.32. The molecule has 0 bridgehead atoms. The fourth-order valence-electron chi connectivity index (χ4n) is 1.08. The molecule has 0 saturated carbocycles. The Labute approximate surface area is 68.4 Å². The Kier molecular flexibility index (Phi) is 3.12. The van der Waals surface area contributed by atoms with Crippen LogP contribution >= 0.6 is 0 Å². The zero-order valence-corrected chi connectivity index (χ0v) is 6.88. The van der Waals surface area contributed by atoms with Crippen molar-refractivity contribution in [2.24, 2.45) is 0 Å². The second kappa shape index (κ2) is 4.14. The molecule has 0 saturated heterocycles. The number of benzene rings is 1. The van der Waals surface area contributed by atoms with Crippen molar-refractivity contribution >= 4 is 0 Å². The Balaban J connectivity index is 2.61. The molecule has 11 heavy (non-hydrogen) atoms. The average Bonchev–Trinajstić information content (AvgIpc) is 2.07. The van der Waals surface area contributed by atoms with Gasteiger partial charge in [-0.3, -0.25) is 0 Å². The van der Waals surface area contributed by atoms with Crippen LogP contribution in [0.2, 0.25) is 0 Å². The summed E-state index contributed by atoms with van der Waals surface area (Å²) in [6, 6.07) is 10.8. The van der Waals surface area contributed by atoms with E-state index in [2.05, 4.69) is 43.4 Å². The number of hydrogen-bond acceptors (Lipinski definition) is 1. The highest BCUT2D eigenvalue weighted by Crippen LogP contribution is 2.09. The maximum Gasteiger partial charge on any atom is 0.0291 e. The average molecular weight is 148 g/mol. The molecule has 1 atom stereocenters. The maximum absolute atomic E-state index is 3.74. The van der Waals surface area contributed by atoms with E-state index < -0.39 is 0 Å². The highest BCUT2D eigenvalue weighted by molar-refractivity contribution is 5.17. The number of nitrogens with one attached hydrogen (secondary N) is 1. The number of rotatable bonds is 3. The lowest BCUT2D eigenvalue weighted by atomic mass is 10.1. The van der Waals surface area contributed by atoms with Crippen molar-refractivity contribution in [3.8, 4) is 0 Å². The van der Waals surface area contributed by atoms with E-state index in [1.54, 1.807) is 0 Å². The summed E-state index contributed by atoms with van der Waals surface area (Å²) in [4.78, 5) is 0. The Bertz CT molecular complexity index is 193. The lowest BCUT2D eigenvalue weighted by Gasteiger charge is -2.11. The van der Waals surface area contributed by atoms with E-state index in [4.69, 9.17) is 0 Å². The van der Waals surface area contributed by atoms with Crippen LogP contribution in [0.1, 0.15) is 18.5 Å². The van der Waals surface area contributed by atoms with Crippen LogP contribution in [-0.2, 0) is 0 Å². The Morgan fingerprint density at radius 2 is 2.00 bits per heavy atom. The zero-order valence-electron chi connectivity index (χ0n) is 6.88. The van der Waals surface area contributed by atoms with Gasteiger partial charge in [0.25, 0.3) is 0 Å². The summed E-state index contributed by atoms with van der Waals surface area (Å²) in [5, 5.41) is 3.25. The third kappa shape index (κ3) is 2.35. The third-order valence-electron chi connectivity index (χ3n) is 1.75. The maximum atomic E-state index is 3.74. The van der Waals surface area contributed by atoms with Gasteiger partial charge in [0.15, 0.2) is 0 Å². The molecular formula is C10H14N. The van der Waals surface area contributed by atoms with Crippen molar-refractivity contribution in [3.05, 3.63) is 42.8 Å². The minimum absolute atomic E-state index is 0.411. The first-order valence-electron chi connectivity index (χ1n) is 3.92. The molecule has 0 aliphatic heterocycles. The number of hydrogen-bond donors (Lipinski definition) is 1. The second-order valence-electron chi connectivity index (χ2n) is 2.59.